The van der Waals surface area contributed by atoms with Crippen LogP contribution in [0.3, 0.4) is 0 Å². The normalized spacial score (nSPS) is 10.2. The Morgan fingerprint density at radius 1 is 1.18 bits per heavy atom. The van der Waals surface area contributed by atoms with Gasteiger partial charge in [-0.05, 0) is 17.7 Å². The monoisotopic (exact) mass is 229 g/mol. The standard InChI is InChI=1S/C13H11NO3/c1-14-7-6-12(15)11(8-14)9-2-4-10(5-3-9)13(16)17/h2-8H,1H3,(H,16,17). The average molecular weight is 229 g/mol. The lowest BCUT2D eigenvalue weighted by atomic mass is 10.1. The second-order valence-corrected chi connectivity index (χ2v) is 3.77. The summed E-state index contributed by atoms with van der Waals surface area (Å²) in [6.07, 6.45) is 3.40. The lowest BCUT2D eigenvalue weighted by molar-refractivity contribution is 0.0697. The van der Waals surface area contributed by atoms with Gasteiger partial charge in [-0.3, -0.25) is 4.79 Å². The van der Waals surface area contributed by atoms with Crippen LogP contribution in [0.4, 0.5) is 0 Å². The molecular weight excluding hydrogens is 218 g/mol. The molecule has 0 fully saturated rings. The molecule has 4 heteroatoms. The van der Waals surface area contributed by atoms with Gasteiger partial charge in [-0.25, -0.2) is 4.79 Å². The molecule has 17 heavy (non-hydrogen) atoms. The van der Waals surface area contributed by atoms with Crippen molar-refractivity contribution in [1.82, 2.24) is 4.57 Å². The fraction of sp³-hybridized carbons (Fsp3) is 0.0769. The molecule has 0 unspecified atom stereocenters. The Hall–Kier alpha value is -2.36. The Morgan fingerprint density at radius 3 is 2.41 bits per heavy atom. The van der Waals surface area contributed by atoms with Gasteiger partial charge in [0, 0.05) is 31.1 Å². The van der Waals surface area contributed by atoms with Crippen molar-refractivity contribution in [2.75, 3.05) is 0 Å². The van der Waals surface area contributed by atoms with Gasteiger partial charge in [-0.15, -0.1) is 0 Å². The van der Waals surface area contributed by atoms with E-state index in [4.69, 9.17) is 5.11 Å². The third-order valence-electron chi connectivity index (χ3n) is 2.50. The Kier molecular flexibility index (Phi) is 2.78. The van der Waals surface area contributed by atoms with Crippen molar-refractivity contribution in [3.63, 3.8) is 0 Å². The van der Waals surface area contributed by atoms with Crippen LogP contribution in [0.2, 0.25) is 0 Å². The molecule has 1 aromatic carbocycles. The summed E-state index contributed by atoms with van der Waals surface area (Å²) in [7, 11) is 1.83. The summed E-state index contributed by atoms with van der Waals surface area (Å²) >= 11 is 0. The largest absolute Gasteiger partial charge is 0.478 e. The van der Waals surface area contributed by atoms with Crippen LogP contribution in [0, 0.1) is 0 Å². The van der Waals surface area contributed by atoms with Crippen LogP contribution in [0.15, 0.2) is 47.5 Å². The number of hydrogen-bond donors (Lipinski definition) is 1. The molecule has 1 aromatic heterocycles. The molecule has 0 spiro atoms. The summed E-state index contributed by atoms with van der Waals surface area (Å²) in [4.78, 5) is 22.4. The first-order valence-electron chi connectivity index (χ1n) is 5.08. The molecule has 2 aromatic rings. The van der Waals surface area contributed by atoms with Gasteiger partial charge in [0.2, 0.25) is 0 Å². The topological polar surface area (TPSA) is 59.3 Å². The van der Waals surface area contributed by atoms with Gasteiger partial charge in [0.15, 0.2) is 5.43 Å². The minimum atomic E-state index is -0.975. The maximum Gasteiger partial charge on any atom is 0.335 e. The highest BCUT2D eigenvalue weighted by atomic mass is 16.4. The zero-order valence-electron chi connectivity index (χ0n) is 9.25. The smallest absolute Gasteiger partial charge is 0.335 e. The number of carbonyl (C=O) groups is 1. The molecule has 0 saturated carbocycles. The van der Waals surface area contributed by atoms with Crippen LogP contribution in [-0.2, 0) is 7.05 Å². The number of pyridine rings is 1. The molecule has 1 heterocycles. The third-order valence-corrected chi connectivity index (χ3v) is 2.50. The van der Waals surface area contributed by atoms with Gasteiger partial charge >= 0.3 is 5.97 Å². The van der Waals surface area contributed by atoms with Crippen molar-refractivity contribution >= 4 is 5.97 Å². The molecule has 86 valence electrons. The van der Waals surface area contributed by atoms with E-state index < -0.39 is 5.97 Å². The van der Waals surface area contributed by atoms with E-state index in [1.54, 1.807) is 29.1 Å². The molecule has 0 radical (unpaired) electrons. The third kappa shape index (κ3) is 2.25. The predicted molar refractivity (Wildman–Crippen MR) is 64.1 cm³/mol. The quantitative estimate of drug-likeness (QED) is 0.853. The lowest BCUT2D eigenvalue weighted by Gasteiger charge is -2.04. The molecule has 0 amide bonds. The van der Waals surface area contributed by atoms with Crippen molar-refractivity contribution in [1.29, 1.82) is 0 Å². The summed E-state index contributed by atoms with van der Waals surface area (Å²) in [5.41, 5.74) is 1.41. The van der Waals surface area contributed by atoms with Gasteiger partial charge < -0.3 is 9.67 Å². The van der Waals surface area contributed by atoms with Gasteiger partial charge in [-0.2, -0.15) is 0 Å². The van der Waals surface area contributed by atoms with Crippen LogP contribution < -0.4 is 5.43 Å². The second kappa shape index (κ2) is 4.25. The number of nitrogens with zero attached hydrogens (tertiary/aromatic N) is 1. The molecule has 0 aliphatic carbocycles. The van der Waals surface area contributed by atoms with E-state index in [9.17, 15) is 9.59 Å². The Bertz CT molecular complexity index is 611. The maximum atomic E-state index is 11.7. The van der Waals surface area contributed by atoms with E-state index in [0.29, 0.717) is 5.56 Å². The van der Waals surface area contributed by atoms with Crippen molar-refractivity contribution in [3.05, 3.63) is 58.5 Å². The summed E-state index contributed by atoms with van der Waals surface area (Å²) in [5.74, 6) is -0.975. The summed E-state index contributed by atoms with van der Waals surface area (Å²) in [5, 5.41) is 8.78. The maximum absolute atomic E-state index is 11.7. The number of aromatic carboxylic acids is 1. The molecule has 1 N–H and O–H groups in total. The van der Waals surface area contributed by atoms with E-state index in [1.807, 2.05) is 7.05 Å². The molecule has 0 atom stereocenters. The van der Waals surface area contributed by atoms with E-state index in [2.05, 4.69) is 0 Å². The first kappa shape index (κ1) is 11.1. The molecular formula is C13H11NO3. The molecule has 0 aliphatic heterocycles. The van der Waals surface area contributed by atoms with Crippen molar-refractivity contribution < 1.29 is 9.90 Å². The van der Waals surface area contributed by atoms with E-state index in [-0.39, 0.29) is 11.0 Å². The Balaban J connectivity index is 2.50. The van der Waals surface area contributed by atoms with Gasteiger partial charge in [0.05, 0.1) is 5.56 Å². The average Bonchev–Trinajstić information content (AvgIpc) is 2.32. The number of carboxylic acid groups (broad SMARTS) is 1. The number of aromatic nitrogens is 1. The van der Waals surface area contributed by atoms with E-state index in [0.717, 1.165) is 5.56 Å². The number of hydrogen-bond acceptors (Lipinski definition) is 2. The van der Waals surface area contributed by atoms with Gasteiger partial charge in [0.25, 0.3) is 0 Å². The zero-order chi connectivity index (χ0) is 12.4. The fourth-order valence-electron chi connectivity index (χ4n) is 1.59. The number of carboxylic acids is 1. The molecule has 4 nitrogen and oxygen atoms in total. The molecule has 0 saturated heterocycles. The first-order chi connectivity index (χ1) is 8.08. The Morgan fingerprint density at radius 2 is 1.82 bits per heavy atom. The van der Waals surface area contributed by atoms with Crippen molar-refractivity contribution in [3.8, 4) is 11.1 Å². The zero-order valence-corrected chi connectivity index (χ0v) is 9.25. The highest BCUT2D eigenvalue weighted by Gasteiger charge is 2.05. The van der Waals surface area contributed by atoms with Crippen LogP contribution in [0.5, 0.6) is 0 Å². The van der Waals surface area contributed by atoms with E-state index >= 15 is 0 Å². The Labute approximate surface area is 97.8 Å². The van der Waals surface area contributed by atoms with Crippen LogP contribution in [0.1, 0.15) is 10.4 Å². The highest BCUT2D eigenvalue weighted by Crippen LogP contribution is 2.15. The fourth-order valence-corrected chi connectivity index (χ4v) is 1.59. The second-order valence-electron chi connectivity index (χ2n) is 3.77. The first-order valence-corrected chi connectivity index (χ1v) is 5.08. The van der Waals surface area contributed by atoms with Gasteiger partial charge in [-0.1, -0.05) is 12.1 Å². The highest BCUT2D eigenvalue weighted by molar-refractivity contribution is 5.88. The minimum absolute atomic E-state index is 0.0776. The molecule has 0 aliphatic rings. The van der Waals surface area contributed by atoms with Crippen LogP contribution in [-0.4, -0.2) is 15.6 Å². The van der Waals surface area contributed by atoms with Crippen LogP contribution in [0.25, 0.3) is 11.1 Å². The number of rotatable bonds is 2. The summed E-state index contributed by atoms with van der Waals surface area (Å²) in [6, 6.07) is 7.75. The van der Waals surface area contributed by atoms with Crippen LogP contribution >= 0.6 is 0 Å². The number of benzene rings is 1. The minimum Gasteiger partial charge on any atom is -0.478 e. The van der Waals surface area contributed by atoms with Crippen molar-refractivity contribution in [2.45, 2.75) is 0 Å². The summed E-state index contributed by atoms with van der Waals surface area (Å²) < 4.78 is 1.78. The molecule has 0 bridgehead atoms. The lowest BCUT2D eigenvalue weighted by Crippen LogP contribution is -2.06. The predicted octanol–water partition coefficient (Wildman–Crippen LogP) is 1.75. The number of aryl methyl sites for hydroxylation is 1. The van der Waals surface area contributed by atoms with Crippen molar-refractivity contribution in [2.24, 2.45) is 7.05 Å². The van der Waals surface area contributed by atoms with E-state index in [1.165, 1.54) is 18.2 Å². The molecule has 2 rings (SSSR count). The SMILES string of the molecule is Cn1ccc(=O)c(-c2ccc(C(=O)O)cc2)c1. The van der Waals surface area contributed by atoms with Gasteiger partial charge in [0.1, 0.15) is 0 Å². The summed E-state index contributed by atoms with van der Waals surface area (Å²) in [6.45, 7) is 0.